The van der Waals surface area contributed by atoms with Crippen molar-refractivity contribution in [2.24, 2.45) is 5.41 Å². The molecular weight excluding hydrogens is 555 g/mol. The number of carbonyl (C=O) groups is 1. The van der Waals surface area contributed by atoms with Gasteiger partial charge in [-0.1, -0.05) is 38.4 Å². The summed E-state index contributed by atoms with van der Waals surface area (Å²) in [6.07, 6.45) is 3.65. The SMILES string of the molecule is CCOC(=O)c1cn([C@H](COSC)C(C)(C)C)c2ccc(Cc3cc(N4CCOCC4)cc(Cl)c3F)cc2c1=O. The van der Waals surface area contributed by atoms with Gasteiger partial charge in [0.2, 0.25) is 5.43 Å². The molecule has 40 heavy (non-hydrogen) atoms. The minimum Gasteiger partial charge on any atom is -0.462 e. The highest BCUT2D eigenvalue weighted by molar-refractivity contribution is 7.93. The molecule has 0 aliphatic carbocycles. The first-order valence-electron chi connectivity index (χ1n) is 13.4. The summed E-state index contributed by atoms with van der Waals surface area (Å²) in [5.74, 6) is -1.17. The van der Waals surface area contributed by atoms with Crippen LogP contribution in [0.5, 0.6) is 0 Å². The minimum atomic E-state index is -0.678. The molecule has 0 saturated carbocycles. The molecule has 1 atom stereocenters. The van der Waals surface area contributed by atoms with Crippen LogP contribution in [-0.4, -0.2) is 56.3 Å². The molecule has 4 rings (SSSR count). The molecule has 216 valence electrons. The Hall–Kier alpha value is -2.59. The van der Waals surface area contributed by atoms with Gasteiger partial charge in [-0.2, -0.15) is 0 Å². The van der Waals surface area contributed by atoms with Gasteiger partial charge < -0.3 is 23.1 Å². The van der Waals surface area contributed by atoms with Gasteiger partial charge in [-0.15, -0.1) is 0 Å². The van der Waals surface area contributed by atoms with Crippen LogP contribution in [0.15, 0.2) is 41.3 Å². The summed E-state index contributed by atoms with van der Waals surface area (Å²) in [5, 5.41) is 0.408. The fourth-order valence-corrected chi connectivity index (χ4v) is 5.49. The topological polar surface area (TPSA) is 70.0 Å². The quantitative estimate of drug-likeness (QED) is 0.215. The monoisotopic (exact) mass is 590 g/mol. The second-order valence-corrected chi connectivity index (χ2v) is 11.8. The Labute approximate surface area is 243 Å². The Morgan fingerprint density at radius 3 is 2.58 bits per heavy atom. The highest BCUT2D eigenvalue weighted by atomic mass is 35.5. The van der Waals surface area contributed by atoms with E-state index in [0.29, 0.717) is 49.4 Å². The van der Waals surface area contributed by atoms with Crippen molar-refractivity contribution >= 4 is 46.2 Å². The molecule has 2 heterocycles. The number of ether oxygens (including phenoxy) is 2. The van der Waals surface area contributed by atoms with E-state index in [2.05, 4.69) is 25.7 Å². The number of esters is 1. The van der Waals surface area contributed by atoms with E-state index < -0.39 is 17.2 Å². The lowest BCUT2D eigenvalue weighted by molar-refractivity contribution is 0.0523. The average molecular weight is 591 g/mol. The Balaban J connectivity index is 1.83. The third kappa shape index (κ3) is 6.65. The number of nitrogens with zero attached hydrogens (tertiary/aromatic N) is 2. The van der Waals surface area contributed by atoms with Crippen LogP contribution in [0.1, 0.15) is 55.2 Å². The average Bonchev–Trinajstić information content (AvgIpc) is 2.92. The summed E-state index contributed by atoms with van der Waals surface area (Å²) >= 11 is 7.56. The maximum absolute atomic E-state index is 15.2. The number of hydrogen-bond acceptors (Lipinski definition) is 7. The molecule has 1 aliphatic heterocycles. The lowest BCUT2D eigenvalue weighted by Gasteiger charge is -2.33. The number of anilines is 1. The van der Waals surface area contributed by atoms with Crippen molar-refractivity contribution in [1.82, 2.24) is 4.57 Å². The van der Waals surface area contributed by atoms with Gasteiger partial charge in [-0.3, -0.25) is 4.79 Å². The van der Waals surface area contributed by atoms with Crippen molar-refractivity contribution in [3.63, 3.8) is 0 Å². The highest BCUT2D eigenvalue weighted by Crippen LogP contribution is 2.35. The van der Waals surface area contributed by atoms with Gasteiger partial charge in [0.05, 0.1) is 43.0 Å². The summed E-state index contributed by atoms with van der Waals surface area (Å²) in [6.45, 7) is 11.0. The smallest absolute Gasteiger partial charge is 0.343 e. The first-order valence-corrected chi connectivity index (χ1v) is 14.9. The molecule has 10 heteroatoms. The zero-order valence-corrected chi connectivity index (χ0v) is 25.2. The maximum atomic E-state index is 15.2. The summed E-state index contributed by atoms with van der Waals surface area (Å²) in [5.41, 5.74) is 1.91. The van der Waals surface area contributed by atoms with E-state index in [1.54, 1.807) is 31.3 Å². The van der Waals surface area contributed by atoms with Crippen molar-refractivity contribution in [1.29, 1.82) is 0 Å². The molecule has 0 unspecified atom stereocenters. The first-order chi connectivity index (χ1) is 19.0. The van der Waals surface area contributed by atoms with E-state index in [4.69, 9.17) is 25.3 Å². The summed E-state index contributed by atoms with van der Waals surface area (Å²) in [6, 6.07) is 8.72. The molecule has 0 radical (unpaired) electrons. The predicted molar refractivity (Wildman–Crippen MR) is 159 cm³/mol. The number of fused-ring (bicyclic) bond motifs is 1. The number of rotatable bonds is 9. The Bertz CT molecular complexity index is 1430. The van der Waals surface area contributed by atoms with Crippen LogP contribution in [-0.2, 0) is 20.1 Å². The van der Waals surface area contributed by atoms with Gasteiger partial charge in [-0.25, -0.2) is 9.18 Å². The van der Waals surface area contributed by atoms with E-state index in [0.717, 1.165) is 11.3 Å². The van der Waals surface area contributed by atoms with Crippen molar-refractivity contribution in [2.45, 2.75) is 40.2 Å². The van der Waals surface area contributed by atoms with Gasteiger partial charge in [-0.05, 0) is 59.8 Å². The fraction of sp³-hybridized carbons (Fsp3) is 0.467. The van der Waals surface area contributed by atoms with Gasteiger partial charge in [0, 0.05) is 43.0 Å². The zero-order valence-electron chi connectivity index (χ0n) is 23.6. The number of aromatic nitrogens is 1. The van der Waals surface area contributed by atoms with E-state index in [9.17, 15) is 9.59 Å². The van der Waals surface area contributed by atoms with Crippen LogP contribution in [0.3, 0.4) is 0 Å². The number of morpholine rings is 1. The molecule has 2 aromatic carbocycles. The Kier molecular flexibility index (Phi) is 9.82. The zero-order chi connectivity index (χ0) is 29.0. The number of hydrogen-bond donors (Lipinski definition) is 0. The van der Waals surface area contributed by atoms with E-state index >= 15 is 4.39 Å². The summed E-state index contributed by atoms with van der Waals surface area (Å²) in [4.78, 5) is 28.6. The minimum absolute atomic E-state index is 0.0477. The van der Waals surface area contributed by atoms with Crippen LogP contribution >= 0.6 is 23.6 Å². The number of carbonyl (C=O) groups excluding carboxylic acids is 1. The number of pyridine rings is 1. The van der Waals surface area contributed by atoms with Crippen LogP contribution in [0, 0.1) is 11.2 Å². The van der Waals surface area contributed by atoms with Crippen LogP contribution < -0.4 is 10.3 Å². The normalized spacial score (nSPS) is 14.9. The molecular formula is C30H36ClFN2O5S. The first kappa shape index (κ1) is 30.4. The molecule has 1 saturated heterocycles. The lowest BCUT2D eigenvalue weighted by atomic mass is 9.86. The van der Waals surface area contributed by atoms with Crippen molar-refractivity contribution in [3.8, 4) is 0 Å². The molecule has 7 nitrogen and oxygen atoms in total. The molecule has 1 fully saturated rings. The second kappa shape index (κ2) is 12.9. The van der Waals surface area contributed by atoms with E-state index in [-0.39, 0.29) is 35.1 Å². The molecule has 0 amide bonds. The largest absolute Gasteiger partial charge is 0.462 e. The standard InChI is InChI=1S/C30H36ClFN2O5S/c1-6-38-29(36)23-17-34(26(18-39-40-5)30(2,3)4)25-8-7-19(14-22(25)28(23)35)13-20-15-21(16-24(31)27(20)32)33-9-11-37-12-10-33/h7-8,14-17,26H,6,9-13,18H2,1-5H3/t26-/m1/s1. The van der Waals surface area contributed by atoms with Crippen molar-refractivity contribution in [3.05, 3.63) is 74.3 Å². The second-order valence-electron chi connectivity index (χ2n) is 10.9. The predicted octanol–water partition coefficient (Wildman–Crippen LogP) is 6.28. The number of halogens is 2. The molecule has 1 aromatic heterocycles. The lowest BCUT2D eigenvalue weighted by Crippen LogP contribution is -2.36. The fourth-order valence-electron chi connectivity index (χ4n) is 4.99. The molecule has 0 spiro atoms. The Morgan fingerprint density at radius 1 is 1.20 bits per heavy atom. The van der Waals surface area contributed by atoms with Gasteiger partial charge in [0.1, 0.15) is 11.4 Å². The van der Waals surface area contributed by atoms with Crippen molar-refractivity contribution < 1.29 is 22.8 Å². The maximum Gasteiger partial charge on any atom is 0.343 e. The third-order valence-electron chi connectivity index (χ3n) is 7.13. The van der Waals surface area contributed by atoms with Crippen LogP contribution in [0.4, 0.5) is 10.1 Å². The van der Waals surface area contributed by atoms with E-state index in [1.807, 2.05) is 23.0 Å². The summed E-state index contributed by atoms with van der Waals surface area (Å²) < 4.78 is 33.5. The highest BCUT2D eigenvalue weighted by Gasteiger charge is 2.29. The van der Waals surface area contributed by atoms with Gasteiger partial charge in [0.25, 0.3) is 0 Å². The van der Waals surface area contributed by atoms with Gasteiger partial charge >= 0.3 is 5.97 Å². The van der Waals surface area contributed by atoms with Crippen LogP contribution in [0.25, 0.3) is 10.9 Å². The van der Waals surface area contributed by atoms with E-state index in [1.165, 1.54) is 12.0 Å². The Morgan fingerprint density at radius 2 is 1.93 bits per heavy atom. The summed E-state index contributed by atoms with van der Waals surface area (Å²) in [7, 11) is 0. The number of benzene rings is 2. The third-order valence-corrected chi connectivity index (χ3v) is 7.78. The molecule has 0 N–H and O–H groups in total. The molecule has 1 aliphatic rings. The van der Waals surface area contributed by atoms with Crippen LogP contribution in [0.2, 0.25) is 5.02 Å². The van der Waals surface area contributed by atoms with Gasteiger partial charge in [0.15, 0.2) is 0 Å². The molecule has 3 aromatic rings. The van der Waals surface area contributed by atoms with Crippen molar-refractivity contribution in [2.75, 3.05) is 50.7 Å². The molecule has 0 bridgehead atoms.